The van der Waals surface area contributed by atoms with E-state index in [1.165, 1.54) is 0 Å². The molecule has 0 aliphatic carbocycles. The fourth-order valence-electron chi connectivity index (χ4n) is 1.86. The molecular formula is C17H24N2O2. The first-order chi connectivity index (χ1) is 10.1. The lowest BCUT2D eigenvalue weighted by molar-refractivity contribution is -0.122. The van der Waals surface area contributed by atoms with Crippen molar-refractivity contribution in [3.8, 4) is 11.8 Å². The first kappa shape index (κ1) is 17.2. The first-order valence-electron chi connectivity index (χ1n) is 7.18. The predicted molar refractivity (Wildman–Crippen MR) is 84.6 cm³/mol. The van der Waals surface area contributed by atoms with E-state index in [4.69, 9.17) is 10.5 Å². The van der Waals surface area contributed by atoms with Gasteiger partial charge in [0, 0.05) is 19.1 Å². The number of nitrogens with one attached hydrogen (secondary N) is 1. The summed E-state index contributed by atoms with van der Waals surface area (Å²) in [5, 5.41) is 2.99. The minimum absolute atomic E-state index is 0.0214. The van der Waals surface area contributed by atoms with Crippen LogP contribution in [0.3, 0.4) is 0 Å². The summed E-state index contributed by atoms with van der Waals surface area (Å²) in [5.41, 5.74) is 7.32. The van der Waals surface area contributed by atoms with Crippen molar-refractivity contribution in [2.45, 2.75) is 38.8 Å². The zero-order valence-electron chi connectivity index (χ0n) is 13.0. The topological polar surface area (TPSA) is 64.3 Å². The largest absolute Gasteiger partial charge is 0.382 e. The van der Waals surface area contributed by atoms with Crippen LogP contribution >= 0.6 is 0 Å². The molecule has 0 bridgehead atoms. The molecule has 4 nitrogen and oxygen atoms in total. The zero-order valence-corrected chi connectivity index (χ0v) is 13.0. The summed E-state index contributed by atoms with van der Waals surface area (Å²) in [7, 11) is 1.65. The van der Waals surface area contributed by atoms with Crippen LogP contribution in [0.25, 0.3) is 0 Å². The molecule has 3 N–H and O–H groups in total. The number of ether oxygens (including phenoxy) is 1. The molecule has 2 atom stereocenters. The van der Waals surface area contributed by atoms with E-state index in [0.29, 0.717) is 13.0 Å². The minimum atomic E-state index is -0.0214. The average molecular weight is 288 g/mol. The monoisotopic (exact) mass is 288 g/mol. The van der Waals surface area contributed by atoms with Gasteiger partial charge in [0.05, 0.1) is 18.7 Å². The fraction of sp³-hybridized carbons (Fsp3) is 0.471. The molecule has 0 saturated heterocycles. The van der Waals surface area contributed by atoms with Crippen LogP contribution in [-0.2, 0) is 9.53 Å². The summed E-state index contributed by atoms with van der Waals surface area (Å²) in [4.78, 5) is 11.9. The number of nitrogens with two attached hydrogens (primary N) is 1. The highest BCUT2D eigenvalue weighted by Gasteiger charge is 2.10. The van der Waals surface area contributed by atoms with E-state index in [1.807, 2.05) is 38.1 Å². The smallest absolute Gasteiger partial charge is 0.220 e. The molecule has 1 aromatic carbocycles. The normalized spacial score (nSPS) is 13.0. The molecule has 114 valence electrons. The zero-order chi connectivity index (χ0) is 15.7. The Balaban J connectivity index is 2.51. The van der Waals surface area contributed by atoms with Gasteiger partial charge in [-0.05, 0) is 38.0 Å². The Labute approximate surface area is 127 Å². The first-order valence-corrected chi connectivity index (χ1v) is 7.18. The molecule has 2 unspecified atom stereocenters. The van der Waals surface area contributed by atoms with Crippen LogP contribution in [0.4, 0.5) is 0 Å². The molecule has 1 aromatic rings. The third-order valence-electron chi connectivity index (χ3n) is 3.30. The fourth-order valence-corrected chi connectivity index (χ4v) is 1.86. The molecule has 0 spiro atoms. The van der Waals surface area contributed by atoms with Gasteiger partial charge in [-0.2, -0.15) is 0 Å². The highest BCUT2D eigenvalue weighted by molar-refractivity contribution is 5.76. The quantitative estimate of drug-likeness (QED) is 0.787. The Morgan fingerprint density at radius 1 is 1.33 bits per heavy atom. The van der Waals surface area contributed by atoms with Crippen molar-refractivity contribution in [3.05, 3.63) is 35.4 Å². The lowest BCUT2D eigenvalue weighted by Crippen LogP contribution is -2.27. The van der Waals surface area contributed by atoms with E-state index in [0.717, 1.165) is 17.5 Å². The minimum Gasteiger partial charge on any atom is -0.382 e. The summed E-state index contributed by atoms with van der Waals surface area (Å²) < 4.78 is 5.13. The highest BCUT2D eigenvalue weighted by atomic mass is 16.5. The van der Waals surface area contributed by atoms with Gasteiger partial charge in [0.15, 0.2) is 0 Å². The second-order valence-corrected chi connectivity index (χ2v) is 5.00. The Morgan fingerprint density at radius 3 is 2.57 bits per heavy atom. The van der Waals surface area contributed by atoms with Crippen molar-refractivity contribution in [1.82, 2.24) is 5.32 Å². The van der Waals surface area contributed by atoms with Gasteiger partial charge in [0.25, 0.3) is 0 Å². The van der Waals surface area contributed by atoms with Crippen molar-refractivity contribution in [3.63, 3.8) is 0 Å². The third-order valence-corrected chi connectivity index (χ3v) is 3.30. The van der Waals surface area contributed by atoms with Gasteiger partial charge in [-0.25, -0.2) is 0 Å². The van der Waals surface area contributed by atoms with E-state index >= 15 is 0 Å². The van der Waals surface area contributed by atoms with E-state index in [1.54, 1.807) is 7.11 Å². The number of methoxy groups -OCH3 is 1. The van der Waals surface area contributed by atoms with Crippen LogP contribution in [0.1, 0.15) is 43.9 Å². The van der Waals surface area contributed by atoms with Crippen LogP contribution < -0.4 is 11.1 Å². The van der Waals surface area contributed by atoms with Crippen LogP contribution in [0.5, 0.6) is 0 Å². The van der Waals surface area contributed by atoms with Crippen LogP contribution in [-0.4, -0.2) is 25.7 Å². The van der Waals surface area contributed by atoms with Crippen LogP contribution in [0, 0.1) is 11.8 Å². The summed E-state index contributed by atoms with van der Waals surface area (Å²) in [6.45, 7) is 4.28. The molecule has 21 heavy (non-hydrogen) atoms. The summed E-state index contributed by atoms with van der Waals surface area (Å²) >= 11 is 0. The lowest BCUT2D eigenvalue weighted by atomic mass is 10.1. The van der Waals surface area contributed by atoms with E-state index in [-0.39, 0.29) is 18.1 Å². The molecule has 0 aliphatic heterocycles. The number of benzene rings is 1. The van der Waals surface area contributed by atoms with E-state index in [2.05, 4.69) is 17.2 Å². The van der Waals surface area contributed by atoms with Crippen molar-refractivity contribution < 1.29 is 9.53 Å². The van der Waals surface area contributed by atoms with E-state index in [9.17, 15) is 4.79 Å². The molecule has 0 heterocycles. The van der Waals surface area contributed by atoms with Gasteiger partial charge in [0.2, 0.25) is 5.91 Å². The SMILES string of the molecule is COC(C)CCC(=O)NC(C)c1ccc(C#CCN)cc1. The van der Waals surface area contributed by atoms with Gasteiger partial charge in [-0.1, -0.05) is 24.0 Å². The highest BCUT2D eigenvalue weighted by Crippen LogP contribution is 2.13. The van der Waals surface area contributed by atoms with Gasteiger partial charge in [0.1, 0.15) is 0 Å². The molecule has 1 rings (SSSR count). The number of hydrogen-bond acceptors (Lipinski definition) is 3. The second kappa shape index (κ2) is 9.17. The maximum atomic E-state index is 11.9. The molecule has 1 amide bonds. The maximum absolute atomic E-state index is 11.9. The third kappa shape index (κ3) is 6.44. The Hall–Kier alpha value is -1.83. The summed E-state index contributed by atoms with van der Waals surface area (Å²) in [5.74, 6) is 5.83. The van der Waals surface area contributed by atoms with Crippen molar-refractivity contribution >= 4 is 5.91 Å². The van der Waals surface area contributed by atoms with Gasteiger partial charge in [-0.15, -0.1) is 0 Å². The van der Waals surface area contributed by atoms with Gasteiger partial charge >= 0.3 is 0 Å². The van der Waals surface area contributed by atoms with E-state index < -0.39 is 0 Å². The van der Waals surface area contributed by atoms with Crippen molar-refractivity contribution in [2.75, 3.05) is 13.7 Å². The van der Waals surface area contributed by atoms with Crippen molar-refractivity contribution in [1.29, 1.82) is 0 Å². The lowest BCUT2D eigenvalue weighted by Gasteiger charge is -2.15. The number of carbonyl (C=O) groups is 1. The Morgan fingerprint density at radius 2 is 2.00 bits per heavy atom. The molecular weight excluding hydrogens is 264 g/mol. The van der Waals surface area contributed by atoms with Gasteiger partial charge < -0.3 is 15.8 Å². The van der Waals surface area contributed by atoms with Gasteiger partial charge in [-0.3, -0.25) is 4.79 Å². The van der Waals surface area contributed by atoms with Crippen LogP contribution in [0.2, 0.25) is 0 Å². The summed E-state index contributed by atoms with van der Waals surface area (Å²) in [6, 6.07) is 7.81. The Bertz CT molecular complexity index is 500. The second-order valence-electron chi connectivity index (χ2n) is 5.00. The number of hydrogen-bond donors (Lipinski definition) is 2. The Kier molecular flexibility index (Phi) is 7.52. The molecule has 0 aliphatic rings. The van der Waals surface area contributed by atoms with Crippen LogP contribution in [0.15, 0.2) is 24.3 Å². The molecule has 0 saturated carbocycles. The number of rotatable bonds is 6. The average Bonchev–Trinajstić information content (AvgIpc) is 2.50. The number of amides is 1. The summed E-state index contributed by atoms with van der Waals surface area (Å²) in [6.07, 6.45) is 1.30. The maximum Gasteiger partial charge on any atom is 0.220 e. The molecule has 0 aromatic heterocycles. The molecule has 0 radical (unpaired) electrons. The number of carbonyl (C=O) groups excluding carboxylic acids is 1. The van der Waals surface area contributed by atoms with Crippen molar-refractivity contribution in [2.24, 2.45) is 5.73 Å². The standard InChI is InChI=1S/C17H24N2O2/c1-13(21-3)6-11-17(20)19-14(2)16-9-7-15(8-10-16)5-4-12-18/h7-10,13-14H,6,11-12,18H2,1-3H3,(H,19,20). The molecule has 4 heteroatoms. The predicted octanol–water partition coefficient (Wildman–Crippen LogP) is 1.99. The molecule has 0 fully saturated rings.